The van der Waals surface area contributed by atoms with Crippen LogP contribution in [-0.2, 0) is 6.54 Å². The molecule has 25 heavy (non-hydrogen) atoms. The van der Waals surface area contributed by atoms with Gasteiger partial charge in [-0.3, -0.25) is 9.78 Å². The first-order valence-electron chi connectivity index (χ1n) is 8.04. The van der Waals surface area contributed by atoms with E-state index in [0.717, 1.165) is 10.2 Å². The van der Waals surface area contributed by atoms with Crippen LogP contribution < -0.4 is 5.32 Å². The smallest absolute Gasteiger partial charge is 0.272 e. The molecule has 124 valence electrons. The van der Waals surface area contributed by atoms with Crippen molar-refractivity contribution in [3.63, 3.8) is 0 Å². The van der Waals surface area contributed by atoms with Crippen molar-refractivity contribution >= 4 is 33.1 Å². The predicted octanol–water partition coefficient (Wildman–Crippen LogP) is 4.71. The van der Waals surface area contributed by atoms with Gasteiger partial charge in [-0.1, -0.05) is 29.8 Å². The second-order valence-electron chi connectivity index (χ2n) is 5.97. The molecule has 5 heteroatoms. The first-order valence-corrected chi connectivity index (χ1v) is 8.92. The van der Waals surface area contributed by atoms with Crippen LogP contribution in [0, 0.1) is 6.92 Å². The summed E-state index contributed by atoms with van der Waals surface area (Å²) in [7, 11) is 0. The van der Waals surface area contributed by atoms with E-state index in [-0.39, 0.29) is 5.91 Å². The third-order valence-electron chi connectivity index (χ3n) is 4.14. The molecule has 0 aliphatic carbocycles. The molecule has 0 unspecified atom stereocenters. The number of hydrogen-bond donors (Lipinski definition) is 1. The highest BCUT2D eigenvalue weighted by Gasteiger charge is 2.17. The zero-order chi connectivity index (χ0) is 17.2. The number of anilines is 1. The maximum atomic E-state index is 12.8. The number of benzene rings is 1. The maximum absolute atomic E-state index is 12.8. The monoisotopic (exact) mass is 347 g/mol. The van der Waals surface area contributed by atoms with Gasteiger partial charge in [0, 0.05) is 12.7 Å². The summed E-state index contributed by atoms with van der Waals surface area (Å²) in [6, 6.07) is 16.1. The Bertz CT molecular complexity index is 1020. The van der Waals surface area contributed by atoms with Gasteiger partial charge in [-0.05, 0) is 42.1 Å². The van der Waals surface area contributed by atoms with Crippen LogP contribution in [0.3, 0.4) is 0 Å². The minimum Gasteiger partial charge on any atom is -0.331 e. The Morgan fingerprint density at radius 3 is 2.80 bits per heavy atom. The van der Waals surface area contributed by atoms with E-state index in [1.54, 1.807) is 29.8 Å². The highest BCUT2D eigenvalue weighted by molar-refractivity contribution is 7.17. The molecule has 3 aromatic heterocycles. The van der Waals surface area contributed by atoms with Gasteiger partial charge < -0.3 is 9.88 Å². The van der Waals surface area contributed by atoms with Crippen LogP contribution in [-0.4, -0.2) is 15.5 Å². The van der Waals surface area contributed by atoms with Crippen molar-refractivity contribution in [3.8, 4) is 0 Å². The first kappa shape index (κ1) is 15.6. The highest BCUT2D eigenvalue weighted by Crippen LogP contribution is 2.27. The van der Waals surface area contributed by atoms with Crippen LogP contribution in [0.5, 0.6) is 0 Å². The van der Waals surface area contributed by atoms with Crippen LogP contribution >= 0.6 is 11.3 Å². The van der Waals surface area contributed by atoms with E-state index in [9.17, 15) is 4.79 Å². The summed E-state index contributed by atoms with van der Waals surface area (Å²) in [5, 5.41) is 4.98. The molecule has 4 nitrogen and oxygen atoms in total. The average molecular weight is 347 g/mol. The van der Waals surface area contributed by atoms with E-state index in [2.05, 4.69) is 57.5 Å². The first-order chi connectivity index (χ1) is 12.2. The fourth-order valence-corrected chi connectivity index (χ4v) is 3.67. The maximum Gasteiger partial charge on any atom is 0.272 e. The fraction of sp³-hybridized carbons (Fsp3) is 0.100. The molecule has 1 N–H and O–H groups in total. The topological polar surface area (TPSA) is 46.9 Å². The molecule has 4 rings (SSSR count). The predicted molar refractivity (Wildman–Crippen MR) is 102 cm³/mol. The van der Waals surface area contributed by atoms with Gasteiger partial charge in [0.25, 0.3) is 5.91 Å². The number of pyridine rings is 1. The molecule has 0 saturated heterocycles. The SMILES string of the molecule is Cc1ccc(Cn2c(C(=O)Nc3cccnc3)cc3sccc32)cc1. The van der Waals surface area contributed by atoms with Gasteiger partial charge >= 0.3 is 0 Å². The number of thiophene rings is 1. The lowest BCUT2D eigenvalue weighted by molar-refractivity contribution is 0.101. The number of carbonyl (C=O) groups is 1. The van der Waals surface area contributed by atoms with Crippen LogP contribution in [0.15, 0.2) is 66.3 Å². The van der Waals surface area contributed by atoms with Crippen molar-refractivity contribution in [2.75, 3.05) is 5.32 Å². The number of fused-ring (bicyclic) bond motifs is 1. The standard InChI is InChI=1S/C20H17N3OS/c1-14-4-6-15(7-5-14)13-23-17-8-10-25-19(17)11-18(23)20(24)22-16-3-2-9-21-12-16/h2-12H,13H2,1H3,(H,22,24). The summed E-state index contributed by atoms with van der Waals surface area (Å²) in [6.07, 6.45) is 3.33. The second kappa shape index (κ2) is 6.53. The lowest BCUT2D eigenvalue weighted by Gasteiger charge is -2.11. The number of amides is 1. The molecular formula is C20H17N3OS. The molecule has 0 aliphatic heterocycles. The second-order valence-corrected chi connectivity index (χ2v) is 6.91. The minimum absolute atomic E-state index is 0.122. The fourth-order valence-electron chi connectivity index (χ4n) is 2.84. The average Bonchev–Trinajstić information content (AvgIpc) is 3.20. The molecule has 0 bridgehead atoms. The van der Waals surface area contributed by atoms with Crippen molar-refractivity contribution in [1.29, 1.82) is 0 Å². The van der Waals surface area contributed by atoms with Crippen molar-refractivity contribution in [3.05, 3.63) is 83.1 Å². The molecule has 3 heterocycles. The Labute approximate surface area is 149 Å². The van der Waals surface area contributed by atoms with E-state index < -0.39 is 0 Å². The van der Waals surface area contributed by atoms with Crippen molar-refractivity contribution in [2.24, 2.45) is 0 Å². The number of carbonyl (C=O) groups excluding carboxylic acids is 1. The number of hydrogen-bond acceptors (Lipinski definition) is 3. The number of aromatic nitrogens is 2. The van der Waals surface area contributed by atoms with Crippen molar-refractivity contribution < 1.29 is 4.79 Å². The number of nitrogens with one attached hydrogen (secondary N) is 1. The third-order valence-corrected chi connectivity index (χ3v) is 4.99. The molecule has 1 amide bonds. The van der Waals surface area contributed by atoms with Crippen LogP contribution in [0.4, 0.5) is 5.69 Å². The summed E-state index contributed by atoms with van der Waals surface area (Å²) in [5.41, 5.74) is 4.84. The van der Waals surface area contributed by atoms with Gasteiger partial charge in [-0.2, -0.15) is 0 Å². The van der Waals surface area contributed by atoms with Crippen LogP contribution in [0.25, 0.3) is 10.2 Å². The van der Waals surface area contributed by atoms with Gasteiger partial charge in [0.2, 0.25) is 0 Å². The molecule has 0 aliphatic rings. The molecule has 4 aromatic rings. The molecule has 0 atom stereocenters. The lowest BCUT2D eigenvalue weighted by Crippen LogP contribution is -2.17. The summed E-state index contributed by atoms with van der Waals surface area (Å²) in [6.45, 7) is 2.74. The van der Waals surface area contributed by atoms with E-state index >= 15 is 0 Å². The van der Waals surface area contributed by atoms with Gasteiger partial charge in [0.15, 0.2) is 0 Å². The number of aryl methyl sites for hydroxylation is 1. The zero-order valence-corrected chi connectivity index (χ0v) is 14.6. The Kier molecular flexibility index (Phi) is 4.07. The van der Waals surface area contributed by atoms with Gasteiger partial charge in [-0.25, -0.2) is 0 Å². The van der Waals surface area contributed by atoms with E-state index in [4.69, 9.17) is 0 Å². The van der Waals surface area contributed by atoms with Crippen LogP contribution in [0.1, 0.15) is 21.6 Å². The minimum atomic E-state index is -0.122. The Balaban J connectivity index is 1.69. The quantitative estimate of drug-likeness (QED) is 0.581. The van der Waals surface area contributed by atoms with Crippen molar-refractivity contribution in [2.45, 2.75) is 13.5 Å². The Hall–Kier alpha value is -2.92. The lowest BCUT2D eigenvalue weighted by atomic mass is 10.1. The van der Waals surface area contributed by atoms with Crippen molar-refractivity contribution in [1.82, 2.24) is 9.55 Å². The Morgan fingerprint density at radius 2 is 2.04 bits per heavy atom. The molecule has 0 saturated carbocycles. The number of nitrogens with zero attached hydrogens (tertiary/aromatic N) is 2. The molecular weight excluding hydrogens is 330 g/mol. The normalized spacial score (nSPS) is 10.9. The molecule has 0 radical (unpaired) electrons. The van der Waals surface area contributed by atoms with E-state index in [1.807, 2.05) is 12.1 Å². The number of rotatable bonds is 4. The molecule has 0 spiro atoms. The molecule has 1 aromatic carbocycles. The summed E-state index contributed by atoms with van der Waals surface area (Å²) < 4.78 is 3.19. The highest BCUT2D eigenvalue weighted by atomic mass is 32.1. The van der Waals surface area contributed by atoms with Crippen LogP contribution in [0.2, 0.25) is 0 Å². The van der Waals surface area contributed by atoms with E-state index in [1.165, 1.54) is 11.1 Å². The third kappa shape index (κ3) is 3.19. The largest absolute Gasteiger partial charge is 0.331 e. The molecule has 0 fully saturated rings. The summed E-state index contributed by atoms with van der Waals surface area (Å²) in [4.78, 5) is 16.8. The van der Waals surface area contributed by atoms with E-state index in [0.29, 0.717) is 17.9 Å². The Morgan fingerprint density at radius 1 is 1.20 bits per heavy atom. The summed E-state index contributed by atoms with van der Waals surface area (Å²) in [5.74, 6) is -0.122. The zero-order valence-electron chi connectivity index (χ0n) is 13.8. The van der Waals surface area contributed by atoms with Gasteiger partial charge in [0.1, 0.15) is 5.69 Å². The van der Waals surface area contributed by atoms with Gasteiger partial charge in [-0.15, -0.1) is 11.3 Å². The summed E-state index contributed by atoms with van der Waals surface area (Å²) >= 11 is 1.65. The van der Waals surface area contributed by atoms with Gasteiger partial charge in [0.05, 0.1) is 22.1 Å².